The van der Waals surface area contributed by atoms with Gasteiger partial charge in [0.15, 0.2) is 0 Å². The summed E-state index contributed by atoms with van der Waals surface area (Å²) >= 11 is 0. The van der Waals surface area contributed by atoms with E-state index in [0.717, 1.165) is 5.56 Å². The molecule has 0 aliphatic carbocycles. The van der Waals surface area contributed by atoms with Crippen LogP contribution < -0.4 is 10.9 Å². The van der Waals surface area contributed by atoms with Gasteiger partial charge in [0.2, 0.25) is 0 Å². The third-order valence-electron chi connectivity index (χ3n) is 4.44. The van der Waals surface area contributed by atoms with Crippen LogP contribution in [0.1, 0.15) is 15.9 Å². The molecule has 138 valence electrons. The molecule has 0 atom stereocenters. The number of carbonyl (C=O) groups is 1. The molecule has 0 unspecified atom stereocenters. The molecule has 0 bridgehead atoms. The third kappa shape index (κ3) is 3.23. The van der Waals surface area contributed by atoms with Gasteiger partial charge < -0.3 is 10.4 Å². The number of hydrogen-bond acceptors (Lipinski definition) is 4. The number of carbonyl (C=O) groups excluding carboxylic acids is 1. The summed E-state index contributed by atoms with van der Waals surface area (Å²) < 4.78 is 1.41. The zero-order valence-electron chi connectivity index (χ0n) is 14.9. The largest absolute Gasteiger partial charge is 0.506 e. The average molecular weight is 371 g/mol. The van der Waals surface area contributed by atoms with Crippen LogP contribution in [-0.4, -0.2) is 20.6 Å². The molecular formula is C22H17N3O3. The number of aromatic nitrogens is 2. The molecule has 0 saturated carbocycles. The Morgan fingerprint density at radius 2 is 1.64 bits per heavy atom. The van der Waals surface area contributed by atoms with E-state index in [1.54, 1.807) is 42.6 Å². The van der Waals surface area contributed by atoms with Crippen LogP contribution >= 0.6 is 0 Å². The molecule has 6 nitrogen and oxygen atoms in total. The quantitative estimate of drug-likeness (QED) is 0.576. The molecule has 0 aliphatic rings. The highest BCUT2D eigenvalue weighted by molar-refractivity contribution is 6.08. The maximum absolute atomic E-state index is 13.1. The van der Waals surface area contributed by atoms with Gasteiger partial charge >= 0.3 is 0 Å². The molecule has 1 amide bonds. The number of amides is 1. The number of nitrogens with zero attached hydrogens (tertiary/aromatic N) is 2. The van der Waals surface area contributed by atoms with Gasteiger partial charge in [0.05, 0.1) is 11.9 Å². The van der Waals surface area contributed by atoms with Gasteiger partial charge in [-0.05, 0) is 29.8 Å². The minimum atomic E-state index is -0.665. The van der Waals surface area contributed by atoms with Crippen molar-refractivity contribution in [1.82, 2.24) is 9.55 Å². The van der Waals surface area contributed by atoms with E-state index in [4.69, 9.17) is 0 Å². The number of aromatic hydroxyl groups is 1. The molecule has 4 aromatic rings. The lowest BCUT2D eigenvalue weighted by Crippen LogP contribution is -2.30. The van der Waals surface area contributed by atoms with Gasteiger partial charge in [0.25, 0.3) is 11.5 Å². The molecule has 0 radical (unpaired) electrons. The molecule has 0 saturated heterocycles. The van der Waals surface area contributed by atoms with Crippen LogP contribution in [0, 0.1) is 0 Å². The van der Waals surface area contributed by atoms with Crippen molar-refractivity contribution in [2.45, 2.75) is 6.54 Å². The Morgan fingerprint density at radius 1 is 0.964 bits per heavy atom. The fourth-order valence-corrected chi connectivity index (χ4v) is 3.10. The standard InChI is InChI=1S/C22H17N3O3/c26-19-17-12-7-13-23-20(17)25(14-15-8-3-1-4-9-15)22(28)18(19)21(27)24-16-10-5-2-6-11-16/h1-13,26H,14H2,(H,24,27). The Morgan fingerprint density at radius 3 is 2.36 bits per heavy atom. The number of nitrogens with one attached hydrogen (secondary N) is 1. The summed E-state index contributed by atoms with van der Waals surface area (Å²) in [5.74, 6) is -1.04. The molecule has 0 aliphatic heterocycles. The SMILES string of the molecule is O=C(Nc1ccccc1)c1c(O)c2cccnc2n(Cc2ccccc2)c1=O. The summed E-state index contributed by atoms with van der Waals surface area (Å²) in [7, 11) is 0. The van der Waals surface area contributed by atoms with Crippen LogP contribution in [0.3, 0.4) is 0 Å². The Labute approximate surface area is 160 Å². The van der Waals surface area contributed by atoms with Crippen molar-refractivity contribution >= 4 is 22.6 Å². The van der Waals surface area contributed by atoms with E-state index in [9.17, 15) is 14.7 Å². The molecule has 0 fully saturated rings. The normalized spacial score (nSPS) is 10.7. The highest BCUT2D eigenvalue weighted by Gasteiger charge is 2.23. The van der Waals surface area contributed by atoms with E-state index >= 15 is 0 Å². The number of para-hydroxylation sites is 1. The maximum Gasteiger partial charge on any atom is 0.269 e. The lowest BCUT2D eigenvalue weighted by Gasteiger charge is -2.14. The van der Waals surface area contributed by atoms with Crippen LogP contribution in [0.15, 0.2) is 83.8 Å². The monoisotopic (exact) mass is 371 g/mol. The summed E-state index contributed by atoms with van der Waals surface area (Å²) in [5.41, 5.74) is 0.843. The first-order chi connectivity index (χ1) is 13.6. The molecule has 2 N–H and O–H groups in total. The van der Waals surface area contributed by atoms with Crippen molar-refractivity contribution in [1.29, 1.82) is 0 Å². The van der Waals surface area contributed by atoms with Gasteiger partial charge in [-0.2, -0.15) is 0 Å². The van der Waals surface area contributed by atoms with Gasteiger partial charge in [-0.15, -0.1) is 0 Å². The van der Waals surface area contributed by atoms with Crippen molar-refractivity contribution in [2.75, 3.05) is 5.32 Å². The van der Waals surface area contributed by atoms with Gasteiger partial charge in [-0.3, -0.25) is 14.2 Å². The van der Waals surface area contributed by atoms with Crippen LogP contribution in [0.5, 0.6) is 5.75 Å². The second kappa shape index (κ2) is 7.36. The molecule has 6 heteroatoms. The smallest absolute Gasteiger partial charge is 0.269 e. The Hall–Kier alpha value is -3.93. The molecule has 2 aromatic heterocycles. The Bertz CT molecular complexity index is 1200. The van der Waals surface area contributed by atoms with E-state index in [1.165, 1.54) is 4.57 Å². The summed E-state index contributed by atoms with van der Waals surface area (Å²) in [6, 6.07) is 21.5. The van der Waals surface area contributed by atoms with Gasteiger partial charge in [0, 0.05) is 11.9 Å². The zero-order chi connectivity index (χ0) is 19.5. The van der Waals surface area contributed by atoms with Crippen molar-refractivity contribution in [3.63, 3.8) is 0 Å². The van der Waals surface area contributed by atoms with Gasteiger partial charge in [-0.1, -0.05) is 48.5 Å². The summed E-state index contributed by atoms with van der Waals surface area (Å²) in [5, 5.41) is 13.7. The van der Waals surface area contributed by atoms with Crippen LogP contribution in [-0.2, 0) is 6.54 Å². The average Bonchev–Trinajstić information content (AvgIpc) is 2.73. The first-order valence-electron chi connectivity index (χ1n) is 8.76. The lowest BCUT2D eigenvalue weighted by molar-refractivity contribution is 0.102. The molecule has 0 spiro atoms. The second-order valence-corrected chi connectivity index (χ2v) is 6.30. The fraction of sp³-hybridized carbons (Fsp3) is 0.0455. The van der Waals surface area contributed by atoms with Crippen molar-refractivity contribution < 1.29 is 9.90 Å². The molecule has 2 heterocycles. The number of hydrogen-bond donors (Lipinski definition) is 2. The van der Waals surface area contributed by atoms with Crippen molar-refractivity contribution in [2.24, 2.45) is 0 Å². The number of anilines is 1. The fourth-order valence-electron chi connectivity index (χ4n) is 3.10. The van der Waals surface area contributed by atoms with Crippen LogP contribution in [0.25, 0.3) is 11.0 Å². The summed E-state index contributed by atoms with van der Waals surface area (Å²) in [4.78, 5) is 30.2. The summed E-state index contributed by atoms with van der Waals surface area (Å²) in [6.07, 6.45) is 1.55. The lowest BCUT2D eigenvalue weighted by atomic mass is 10.1. The van der Waals surface area contributed by atoms with Crippen molar-refractivity contribution in [3.8, 4) is 5.75 Å². The van der Waals surface area contributed by atoms with E-state index in [0.29, 0.717) is 16.7 Å². The molecule has 2 aromatic carbocycles. The van der Waals surface area contributed by atoms with Crippen molar-refractivity contribution in [3.05, 3.63) is 100 Å². The number of fused-ring (bicyclic) bond motifs is 1. The number of rotatable bonds is 4. The van der Waals surface area contributed by atoms with Gasteiger partial charge in [-0.25, -0.2) is 4.98 Å². The van der Waals surface area contributed by atoms with Gasteiger partial charge in [0.1, 0.15) is 17.0 Å². The molecule has 28 heavy (non-hydrogen) atoms. The molecule has 4 rings (SSSR count). The second-order valence-electron chi connectivity index (χ2n) is 6.30. The number of benzene rings is 2. The highest BCUT2D eigenvalue weighted by Crippen LogP contribution is 2.26. The topological polar surface area (TPSA) is 84.2 Å². The highest BCUT2D eigenvalue weighted by atomic mass is 16.3. The maximum atomic E-state index is 13.1. The predicted molar refractivity (Wildman–Crippen MR) is 108 cm³/mol. The first kappa shape index (κ1) is 17.5. The van der Waals surface area contributed by atoms with Crippen LogP contribution in [0.2, 0.25) is 0 Å². The Kier molecular flexibility index (Phi) is 4.60. The van der Waals surface area contributed by atoms with E-state index < -0.39 is 11.5 Å². The first-order valence-corrected chi connectivity index (χ1v) is 8.76. The van der Waals surface area contributed by atoms with E-state index in [1.807, 2.05) is 36.4 Å². The van der Waals surface area contributed by atoms with E-state index in [-0.39, 0.29) is 17.9 Å². The summed E-state index contributed by atoms with van der Waals surface area (Å²) in [6.45, 7) is 0.235. The minimum Gasteiger partial charge on any atom is -0.506 e. The molecular weight excluding hydrogens is 354 g/mol. The predicted octanol–water partition coefficient (Wildman–Crippen LogP) is 3.40. The third-order valence-corrected chi connectivity index (χ3v) is 4.44. The van der Waals surface area contributed by atoms with E-state index in [2.05, 4.69) is 10.3 Å². The zero-order valence-corrected chi connectivity index (χ0v) is 14.9. The van der Waals surface area contributed by atoms with Crippen LogP contribution in [0.4, 0.5) is 5.69 Å². The minimum absolute atomic E-state index is 0.235. The Balaban J connectivity index is 1.87. The number of pyridine rings is 2.